The lowest BCUT2D eigenvalue weighted by Crippen LogP contribution is -2.37. The van der Waals surface area contributed by atoms with Gasteiger partial charge in [0.25, 0.3) is 0 Å². The zero-order valence-electron chi connectivity index (χ0n) is 13.4. The number of thioether (sulfide) groups is 1. The summed E-state index contributed by atoms with van der Waals surface area (Å²) in [5, 5.41) is 5.40. The van der Waals surface area contributed by atoms with Crippen molar-refractivity contribution in [3.8, 4) is 0 Å². The summed E-state index contributed by atoms with van der Waals surface area (Å²) >= 11 is 2.94. The quantitative estimate of drug-likeness (QED) is 0.627. The number of benzene rings is 2. The normalized spacial score (nSPS) is 10.6. The molecule has 5 nitrogen and oxygen atoms in total. The Morgan fingerprint density at radius 1 is 0.960 bits per heavy atom. The van der Waals surface area contributed by atoms with Gasteiger partial charge in [0.15, 0.2) is 4.34 Å². The second-order valence-electron chi connectivity index (χ2n) is 5.28. The summed E-state index contributed by atoms with van der Waals surface area (Å²) in [6, 6.07) is 17.5. The van der Waals surface area contributed by atoms with Crippen molar-refractivity contribution in [2.24, 2.45) is 0 Å². The van der Waals surface area contributed by atoms with Gasteiger partial charge >= 0.3 is 0 Å². The van der Waals surface area contributed by atoms with Gasteiger partial charge < -0.3 is 10.6 Å². The first-order valence-corrected chi connectivity index (χ1v) is 9.56. The number of hydrogen-bond acceptors (Lipinski definition) is 5. The second-order valence-corrected chi connectivity index (χ2v) is 7.53. The number of nitrogens with zero attached hydrogens (tertiary/aromatic N) is 1. The Kier molecular flexibility index (Phi) is 6.03. The van der Waals surface area contributed by atoms with E-state index in [4.69, 9.17) is 0 Å². The third kappa shape index (κ3) is 5.30. The van der Waals surface area contributed by atoms with Gasteiger partial charge in [0.05, 0.1) is 22.5 Å². The molecule has 2 N–H and O–H groups in total. The lowest BCUT2D eigenvalue weighted by molar-refractivity contribution is -0.124. The van der Waals surface area contributed by atoms with Crippen molar-refractivity contribution in [1.82, 2.24) is 15.6 Å². The maximum Gasteiger partial charge on any atom is 0.239 e. The number of para-hydroxylation sites is 1. The highest BCUT2D eigenvalue weighted by atomic mass is 32.2. The van der Waals surface area contributed by atoms with Gasteiger partial charge in [0, 0.05) is 6.54 Å². The maximum atomic E-state index is 11.9. The zero-order chi connectivity index (χ0) is 17.5. The maximum absolute atomic E-state index is 11.9. The molecule has 0 radical (unpaired) electrons. The van der Waals surface area contributed by atoms with Crippen LogP contribution in [0.1, 0.15) is 5.56 Å². The minimum Gasteiger partial charge on any atom is -0.350 e. The van der Waals surface area contributed by atoms with Crippen LogP contribution in [0.3, 0.4) is 0 Å². The van der Waals surface area contributed by atoms with Gasteiger partial charge in [-0.1, -0.05) is 54.2 Å². The van der Waals surface area contributed by atoms with Crippen LogP contribution < -0.4 is 10.6 Å². The molecule has 0 atom stereocenters. The Balaban J connectivity index is 1.38. The molecule has 0 saturated heterocycles. The first-order valence-electron chi connectivity index (χ1n) is 7.76. The Labute approximate surface area is 153 Å². The van der Waals surface area contributed by atoms with Crippen LogP contribution in [-0.2, 0) is 16.1 Å². The molecule has 0 spiro atoms. The first-order chi connectivity index (χ1) is 12.2. The van der Waals surface area contributed by atoms with Crippen molar-refractivity contribution in [2.45, 2.75) is 10.9 Å². The fourth-order valence-electron chi connectivity index (χ4n) is 2.13. The number of carbonyl (C=O) groups excluding carboxylic acids is 2. The zero-order valence-corrected chi connectivity index (χ0v) is 15.0. The molecule has 0 fully saturated rings. The molecule has 0 saturated carbocycles. The van der Waals surface area contributed by atoms with Gasteiger partial charge in [0.2, 0.25) is 11.8 Å². The molecule has 0 unspecified atom stereocenters. The fraction of sp³-hybridized carbons (Fsp3) is 0.167. The van der Waals surface area contributed by atoms with E-state index in [1.54, 1.807) is 11.3 Å². The molecule has 0 bridgehead atoms. The van der Waals surface area contributed by atoms with Gasteiger partial charge in [-0.25, -0.2) is 4.98 Å². The molecule has 0 aliphatic rings. The molecule has 3 rings (SSSR count). The Morgan fingerprint density at radius 2 is 1.72 bits per heavy atom. The van der Waals surface area contributed by atoms with E-state index in [2.05, 4.69) is 15.6 Å². The molecule has 7 heteroatoms. The van der Waals surface area contributed by atoms with Crippen molar-refractivity contribution in [2.75, 3.05) is 12.3 Å². The van der Waals surface area contributed by atoms with Crippen molar-refractivity contribution in [1.29, 1.82) is 0 Å². The predicted octanol–water partition coefficient (Wildman–Crippen LogP) is 2.82. The van der Waals surface area contributed by atoms with Crippen LogP contribution in [0.4, 0.5) is 0 Å². The summed E-state index contributed by atoms with van der Waals surface area (Å²) in [5.74, 6) is -0.146. The highest BCUT2D eigenvalue weighted by molar-refractivity contribution is 8.01. The highest BCUT2D eigenvalue weighted by Gasteiger charge is 2.09. The van der Waals surface area contributed by atoms with E-state index < -0.39 is 0 Å². The summed E-state index contributed by atoms with van der Waals surface area (Å²) in [5.41, 5.74) is 1.96. The van der Waals surface area contributed by atoms with Crippen molar-refractivity contribution < 1.29 is 9.59 Å². The molecule has 1 heterocycles. The smallest absolute Gasteiger partial charge is 0.239 e. The molecule has 0 aliphatic heterocycles. The third-order valence-corrected chi connectivity index (χ3v) is 5.56. The standard InChI is InChI=1S/C18H17N3O2S2/c22-16(19-10-13-6-2-1-3-7-13)11-20-17(23)12-24-18-21-14-8-4-5-9-15(14)25-18/h1-9H,10-12H2,(H,19,22)(H,20,23). The van der Waals surface area contributed by atoms with E-state index in [0.717, 1.165) is 20.1 Å². The van der Waals surface area contributed by atoms with Gasteiger partial charge in [-0.3, -0.25) is 9.59 Å². The SMILES string of the molecule is O=C(CNC(=O)CSc1nc2ccccc2s1)NCc1ccccc1. The van der Waals surface area contributed by atoms with E-state index >= 15 is 0 Å². The highest BCUT2D eigenvalue weighted by Crippen LogP contribution is 2.28. The molecule has 2 aromatic carbocycles. The number of rotatable bonds is 7. The molecule has 0 aliphatic carbocycles. The van der Waals surface area contributed by atoms with Crippen molar-refractivity contribution in [3.63, 3.8) is 0 Å². The lowest BCUT2D eigenvalue weighted by Gasteiger charge is -2.06. The van der Waals surface area contributed by atoms with E-state index in [9.17, 15) is 9.59 Å². The average molecular weight is 371 g/mol. The summed E-state index contributed by atoms with van der Waals surface area (Å²) in [7, 11) is 0. The van der Waals surface area contributed by atoms with Gasteiger partial charge in [0.1, 0.15) is 0 Å². The van der Waals surface area contributed by atoms with E-state index in [0.29, 0.717) is 6.54 Å². The van der Waals surface area contributed by atoms with E-state index in [-0.39, 0.29) is 24.1 Å². The molecule has 2 amide bonds. The third-order valence-electron chi connectivity index (χ3n) is 3.38. The Hall–Kier alpha value is -2.38. The molecule has 3 aromatic rings. The minimum absolute atomic E-state index is 0.0218. The van der Waals surface area contributed by atoms with Crippen LogP contribution in [0.5, 0.6) is 0 Å². The van der Waals surface area contributed by atoms with Crippen LogP contribution >= 0.6 is 23.1 Å². The largest absolute Gasteiger partial charge is 0.350 e. The van der Waals surface area contributed by atoms with Crippen LogP contribution in [0.15, 0.2) is 58.9 Å². The Bertz CT molecular complexity index is 832. The number of thiazole rings is 1. The number of fused-ring (bicyclic) bond motifs is 1. The summed E-state index contributed by atoms with van der Waals surface area (Å²) < 4.78 is 1.95. The monoisotopic (exact) mass is 371 g/mol. The lowest BCUT2D eigenvalue weighted by atomic mass is 10.2. The molecular formula is C18H17N3O2S2. The number of nitrogens with one attached hydrogen (secondary N) is 2. The summed E-state index contributed by atoms with van der Waals surface area (Å²) in [6.45, 7) is 0.433. The van der Waals surface area contributed by atoms with Gasteiger partial charge in [-0.05, 0) is 17.7 Å². The molecule has 1 aromatic heterocycles. The van der Waals surface area contributed by atoms with Crippen molar-refractivity contribution in [3.05, 3.63) is 60.2 Å². The number of hydrogen-bond donors (Lipinski definition) is 2. The fourth-order valence-corrected chi connectivity index (χ4v) is 4.03. The second kappa shape index (κ2) is 8.64. The van der Waals surface area contributed by atoms with Gasteiger partial charge in [-0.2, -0.15) is 0 Å². The number of carbonyl (C=O) groups is 2. The van der Waals surface area contributed by atoms with Crippen molar-refractivity contribution >= 4 is 45.1 Å². The predicted molar refractivity (Wildman–Crippen MR) is 102 cm³/mol. The van der Waals surface area contributed by atoms with Crippen LogP contribution in [0.2, 0.25) is 0 Å². The van der Waals surface area contributed by atoms with E-state index in [1.807, 2.05) is 54.6 Å². The minimum atomic E-state index is -0.206. The first kappa shape index (κ1) is 17.4. The summed E-state index contributed by atoms with van der Waals surface area (Å²) in [4.78, 5) is 28.1. The molecular weight excluding hydrogens is 354 g/mol. The average Bonchev–Trinajstić information content (AvgIpc) is 3.07. The van der Waals surface area contributed by atoms with Crippen LogP contribution in [-0.4, -0.2) is 29.1 Å². The number of amides is 2. The van der Waals surface area contributed by atoms with Gasteiger partial charge in [-0.15, -0.1) is 11.3 Å². The summed E-state index contributed by atoms with van der Waals surface area (Å²) in [6.07, 6.45) is 0. The van der Waals surface area contributed by atoms with Crippen LogP contribution in [0.25, 0.3) is 10.2 Å². The van der Waals surface area contributed by atoms with E-state index in [1.165, 1.54) is 11.8 Å². The molecule has 25 heavy (non-hydrogen) atoms. The van der Waals surface area contributed by atoms with Crippen LogP contribution in [0, 0.1) is 0 Å². The topological polar surface area (TPSA) is 71.1 Å². The number of aromatic nitrogens is 1. The molecule has 128 valence electrons. The Morgan fingerprint density at radius 3 is 2.52 bits per heavy atom.